The van der Waals surface area contributed by atoms with E-state index in [0.717, 1.165) is 11.0 Å². The van der Waals surface area contributed by atoms with Gasteiger partial charge in [-0.1, -0.05) is 13.8 Å². The Balaban J connectivity index is 2.36. The summed E-state index contributed by atoms with van der Waals surface area (Å²) < 4.78 is 0. The number of phenolic OH excluding ortho intramolecular Hbond substituents is 1. The monoisotopic (exact) mass is 262 g/mol. The van der Waals surface area contributed by atoms with E-state index in [1.807, 2.05) is 13.8 Å². The summed E-state index contributed by atoms with van der Waals surface area (Å²) >= 11 is 0. The van der Waals surface area contributed by atoms with Gasteiger partial charge in [-0.15, -0.1) is 0 Å². The van der Waals surface area contributed by atoms with Crippen molar-refractivity contribution in [3.05, 3.63) is 24.0 Å². The predicted molar refractivity (Wildman–Crippen MR) is 72.1 cm³/mol. The molecule has 5 nitrogen and oxygen atoms in total. The molecule has 0 unspecified atom stereocenters. The second kappa shape index (κ2) is 4.91. The Kier molecular flexibility index (Phi) is 3.46. The lowest BCUT2D eigenvalue weighted by Crippen LogP contribution is -2.32. The molecule has 0 aliphatic carbocycles. The maximum absolute atomic E-state index is 11.5. The van der Waals surface area contributed by atoms with Crippen LogP contribution < -0.4 is 0 Å². The summed E-state index contributed by atoms with van der Waals surface area (Å²) in [6.07, 6.45) is 1.48. The average Bonchev–Trinajstić information content (AvgIpc) is 2.77. The fraction of sp³-hybridized carbons (Fsp3) is 0.429. The molecule has 0 spiro atoms. The molecule has 0 bridgehead atoms. The SMILES string of the molecule is CCC(CC)(Cc1nc2ccc(O)cc2[nH]1)C(=O)O. The van der Waals surface area contributed by atoms with E-state index in [1.54, 1.807) is 18.2 Å². The first-order valence-electron chi connectivity index (χ1n) is 6.42. The normalized spacial score (nSPS) is 11.9. The van der Waals surface area contributed by atoms with E-state index in [-0.39, 0.29) is 5.75 Å². The van der Waals surface area contributed by atoms with Gasteiger partial charge in [-0.2, -0.15) is 0 Å². The van der Waals surface area contributed by atoms with Crippen LogP contribution in [0, 0.1) is 5.41 Å². The molecule has 0 aliphatic rings. The van der Waals surface area contributed by atoms with E-state index in [2.05, 4.69) is 9.97 Å². The first kappa shape index (κ1) is 13.4. The van der Waals surface area contributed by atoms with Crippen LogP contribution in [0.15, 0.2) is 18.2 Å². The lowest BCUT2D eigenvalue weighted by molar-refractivity contribution is -0.149. The van der Waals surface area contributed by atoms with Crippen LogP contribution in [0.1, 0.15) is 32.5 Å². The number of nitrogens with zero attached hydrogens (tertiary/aromatic N) is 1. The van der Waals surface area contributed by atoms with Gasteiger partial charge in [-0.25, -0.2) is 4.98 Å². The Morgan fingerprint density at radius 2 is 2.05 bits per heavy atom. The second-order valence-electron chi connectivity index (χ2n) is 4.85. The van der Waals surface area contributed by atoms with Crippen LogP contribution >= 0.6 is 0 Å². The van der Waals surface area contributed by atoms with Crippen LogP contribution in [0.2, 0.25) is 0 Å². The van der Waals surface area contributed by atoms with Crippen molar-refractivity contribution >= 4 is 17.0 Å². The number of nitrogens with one attached hydrogen (secondary N) is 1. The number of carbonyl (C=O) groups is 1. The van der Waals surface area contributed by atoms with E-state index in [9.17, 15) is 15.0 Å². The number of rotatable bonds is 5. The van der Waals surface area contributed by atoms with Gasteiger partial charge in [0, 0.05) is 12.5 Å². The van der Waals surface area contributed by atoms with Crippen molar-refractivity contribution in [1.82, 2.24) is 9.97 Å². The molecule has 2 rings (SSSR count). The Morgan fingerprint density at radius 3 is 2.63 bits per heavy atom. The van der Waals surface area contributed by atoms with Gasteiger partial charge in [-0.3, -0.25) is 4.79 Å². The predicted octanol–water partition coefficient (Wildman–Crippen LogP) is 2.70. The largest absolute Gasteiger partial charge is 0.508 e. The zero-order valence-corrected chi connectivity index (χ0v) is 11.1. The molecule has 3 N–H and O–H groups in total. The van der Waals surface area contributed by atoms with Crippen LogP contribution in [-0.2, 0) is 11.2 Å². The van der Waals surface area contributed by atoms with E-state index in [4.69, 9.17) is 0 Å². The number of imidazole rings is 1. The minimum absolute atomic E-state index is 0.165. The van der Waals surface area contributed by atoms with E-state index >= 15 is 0 Å². The van der Waals surface area contributed by atoms with Gasteiger partial charge in [0.1, 0.15) is 11.6 Å². The van der Waals surface area contributed by atoms with Crippen molar-refractivity contribution in [3.63, 3.8) is 0 Å². The van der Waals surface area contributed by atoms with Gasteiger partial charge in [0.2, 0.25) is 0 Å². The first-order valence-corrected chi connectivity index (χ1v) is 6.42. The highest BCUT2D eigenvalue weighted by Crippen LogP contribution is 2.31. The lowest BCUT2D eigenvalue weighted by Gasteiger charge is -2.25. The molecule has 0 fully saturated rings. The highest BCUT2D eigenvalue weighted by Gasteiger charge is 2.35. The van der Waals surface area contributed by atoms with Gasteiger partial charge in [0.15, 0.2) is 0 Å². The highest BCUT2D eigenvalue weighted by molar-refractivity contribution is 5.78. The third-order valence-corrected chi connectivity index (χ3v) is 3.83. The lowest BCUT2D eigenvalue weighted by atomic mass is 9.79. The molecule has 5 heteroatoms. The van der Waals surface area contributed by atoms with Crippen LogP contribution in [0.25, 0.3) is 11.0 Å². The summed E-state index contributed by atoms with van der Waals surface area (Å²) in [4.78, 5) is 18.9. The van der Waals surface area contributed by atoms with Crippen molar-refractivity contribution in [3.8, 4) is 5.75 Å². The number of carboxylic acids is 1. The molecule has 1 heterocycles. The Bertz CT molecular complexity index is 600. The van der Waals surface area contributed by atoms with Crippen molar-refractivity contribution in [2.24, 2.45) is 5.41 Å². The first-order chi connectivity index (χ1) is 9.00. The van der Waals surface area contributed by atoms with Crippen LogP contribution in [0.3, 0.4) is 0 Å². The fourth-order valence-corrected chi connectivity index (χ4v) is 2.33. The van der Waals surface area contributed by atoms with Gasteiger partial charge in [-0.05, 0) is 25.0 Å². The van der Waals surface area contributed by atoms with Crippen molar-refractivity contribution in [1.29, 1.82) is 0 Å². The molecule has 0 saturated heterocycles. The molecule has 102 valence electrons. The number of hydrogen-bond donors (Lipinski definition) is 3. The van der Waals surface area contributed by atoms with Gasteiger partial charge >= 0.3 is 5.97 Å². The number of aromatic hydroxyl groups is 1. The maximum Gasteiger partial charge on any atom is 0.310 e. The van der Waals surface area contributed by atoms with Crippen molar-refractivity contribution in [2.45, 2.75) is 33.1 Å². The molecule has 1 aromatic heterocycles. The smallest absolute Gasteiger partial charge is 0.310 e. The Labute approximate surface area is 111 Å². The van der Waals surface area contributed by atoms with Gasteiger partial charge in [0.05, 0.1) is 16.4 Å². The number of carboxylic acid groups (broad SMARTS) is 1. The number of benzene rings is 1. The minimum atomic E-state index is -0.791. The summed E-state index contributed by atoms with van der Waals surface area (Å²) in [6, 6.07) is 4.87. The maximum atomic E-state index is 11.5. The summed E-state index contributed by atoms with van der Waals surface area (Å²) in [6.45, 7) is 3.76. The second-order valence-corrected chi connectivity index (χ2v) is 4.85. The number of phenols is 1. The molecule has 0 aliphatic heterocycles. The fourth-order valence-electron chi connectivity index (χ4n) is 2.33. The molecule has 0 amide bonds. The summed E-state index contributed by atoms with van der Waals surface area (Å²) in [5, 5.41) is 18.8. The van der Waals surface area contributed by atoms with Gasteiger partial charge < -0.3 is 15.2 Å². The number of aromatic amines is 1. The van der Waals surface area contributed by atoms with E-state index in [0.29, 0.717) is 25.1 Å². The molecular weight excluding hydrogens is 244 g/mol. The minimum Gasteiger partial charge on any atom is -0.508 e. The van der Waals surface area contributed by atoms with Crippen LogP contribution in [0.4, 0.5) is 0 Å². The standard InChI is InChI=1S/C14H18N2O3/c1-3-14(4-2,13(18)19)8-12-15-10-6-5-9(17)7-11(10)16-12/h5-7,17H,3-4,8H2,1-2H3,(H,15,16)(H,18,19). The van der Waals surface area contributed by atoms with Crippen LogP contribution in [0.5, 0.6) is 5.75 Å². The third-order valence-electron chi connectivity index (χ3n) is 3.83. The number of aromatic nitrogens is 2. The number of hydrogen-bond acceptors (Lipinski definition) is 3. The highest BCUT2D eigenvalue weighted by atomic mass is 16.4. The third kappa shape index (κ3) is 2.41. The molecule has 0 saturated carbocycles. The summed E-state index contributed by atoms with van der Waals surface area (Å²) in [5.41, 5.74) is 0.677. The summed E-state index contributed by atoms with van der Waals surface area (Å²) in [5.74, 6) is 0.0192. The van der Waals surface area contributed by atoms with E-state index in [1.165, 1.54) is 0 Å². The number of H-pyrrole nitrogens is 1. The van der Waals surface area contributed by atoms with Crippen molar-refractivity contribution in [2.75, 3.05) is 0 Å². The number of aliphatic carboxylic acids is 1. The van der Waals surface area contributed by atoms with E-state index < -0.39 is 11.4 Å². The molecule has 2 aromatic rings. The molecule has 1 aromatic carbocycles. The average molecular weight is 262 g/mol. The van der Waals surface area contributed by atoms with Gasteiger partial charge in [0.25, 0.3) is 0 Å². The Hall–Kier alpha value is -2.04. The number of fused-ring (bicyclic) bond motifs is 1. The van der Waals surface area contributed by atoms with Crippen molar-refractivity contribution < 1.29 is 15.0 Å². The summed E-state index contributed by atoms with van der Waals surface area (Å²) in [7, 11) is 0. The zero-order chi connectivity index (χ0) is 14.0. The molecular formula is C14H18N2O3. The Morgan fingerprint density at radius 1 is 1.37 bits per heavy atom. The topological polar surface area (TPSA) is 86.2 Å². The molecule has 0 atom stereocenters. The zero-order valence-electron chi connectivity index (χ0n) is 11.1. The molecule has 19 heavy (non-hydrogen) atoms. The molecule has 0 radical (unpaired) electrons. The quantitative estimate of drug-likeness (QED) is 0.773. The van der Waals surface area contributed by atoms with Crippen LogP contribution in [-0.4, -0.2) is 26.2 Å².